The van der Waals surface area contributed by atoms with Crippen molar-refractivity contribution in [3.05, 3.63) is 167 Å². The molecule has 1 aliphatic carbocycles. The molecule has 0 spiro atoms. The second-order valence-corrected chi connectivity index (χ2v) is 11.5. The van der Waals surface area contributed by atoms with Crippen LogP contribution in [0.5, 0.6) is 0 Å². The number of ether oxygens (including phenoxy) is 1. The molecule has 0 radical (unpaired) electrons. The average Bonchev–Trinajstić information content (AvgIpc) is 3.08. The van der Waals surface area contributed by atoms with Gasteiger partial charge in [-0.15, -0.1) is 0 Å². The molecule has 4 heteroatoms. The minimum Gasteiger partial charge on any atom is -0.465 e. The second kappa shape index (κ2) is 13.6. The molecule has 6 rings (SSSR count). The highest BCUT2D eigenvalue weighted by atomic mass is 16.5. The summed E-state index contributed by atoms with van der Waals surface area (Å²) >= 11 is 0. The molecular weight excluding hydrogens is 542 g/mol. The van der Waals surface area contributed by atoms with Gasteiger partial charge in [0.15, 0.2) is 0 Å². The zero-order valence-corrected chi connectivity index (χ0v) is 25.1. The summed E-state index contributed by atoms with van der Waals surface area (Å²) in [6, 6.07) is 45.1. The van der Waals surface area contributed by atoms with Crippen LogP contribution in [0.4, 0.5) is 0 Å². The van der Waals surface area contributed by atoms with Crippen LogP contribution >= 0.6 is 0 Å². The van der Waals surface area contributed by atoms with E-state index in [4.69, 9.17) is 4.74 Å². The summed E-state index contributed by atoms with van der Waals surface area (Å²) in [5.74, 6) is 0.0303. The SMILES string of the molecule is COC(=O)c1ccc(-c2ccccc2CC(=O)N(Cc2ccccc2)C2c3ccccc3CCC2Cc2ccccc2)cc1. The Kier molecular flexibility index (Phi) is 8.98. The molecule has 5 aromatic rings. The van der Waals surface area contributed by atoms with E-state index in [0.717, 1.165) is 41.5 Å². The van der Waals surface area contributed by atoms with E-state index in [2.05, 4.69) is 71.6 Å². The van der Waals surface area contributed by atoms with E-state index in [1.807, 2.05) is 54.6 Å². The number of fused-ring (bicyclic) bond motifs is 1. The first-order valence-corrected chi connectivity index (χ1v) is 15.3. The van der Waals surface area contributed by atoms with E-state index in [-0.39, 0.29) is 24.3 Å². The highest BCUT2D eigenvalue weighted by molar-refractivity contribution is 5.90. The Morgan fingerprint density at radius 3 is 2.09 bits per heavy atom. The van der Waals surface area contributed by atoms with Gasteiger partial charge in [0.05, 0.1) is 25.1 Å². The van der Waals surface area contributed by atoms with Crippen LogP contribution in [0, 0.1) is 5.92 Å². The van der Waals surface area contributed by atoms with Crippen LogP contribution in [0.3, 0.4) is 0 Å². The quantitative estimate of drug-likeness (QED) is 0.165. The molecule has 1 aliphatic rings. The van der Waals surface area contributed by atoms with E-state index >= 15 is 0 Å². The lowest BCUT2D eigenvalue weighted by molar-refractivity contribution is -0.135. The molecule has 44 heavy (non-hydrogen) atoms. The Hall–Kier alpha value is -4.96. The molecule has 0 saturated heterocycles. The number of amides is 1. The highest BCUT2D eigenvalue weighted by Crippen LogP contribution is 2.41. The van der Waals surface area contributed by atoms with Crippen LogP contribution in [0.25, 0.3) is 11.1 Å². The topological polar surface area (TPSA) is 46.6 Å². The molecule has 4 nitrogen and oxygen atoms in total. The van der Waals surface area contributed by atoms with Gasteiger partial charge in [-0.3, -0.25) is 4.79 Å². The molecule has 0 saturated carbocycles. The van der Waals surface area contributed by atoms with E-state index in [9.17, 15) is 9.59 Å². The summed E-state index contributed by atoms with van der Waals surface area (Å²) in [5.41, 5.74) is 8.42. The number of carbonyl (C=O) groups excluding carboxylic acids is 2. The zero-order valence-electron chi connectivity index (χ0n) is 25.1. The summed E-state index contributed by atoms with van der Waals surface area (Å²) in [6.45, 7) is 0.542. The largest absolute Gasteiger partial charge is 0.465 e. The molecule has 0 aliphatic heterocycles. The molecule has 220 valence electrons. The maximum Gasteiger partial charge on any atom is 0.337 e. The fraction of sp³-hybridized carbons (Fsp3) is 0.200. The number of esters is 1. The molecule has 0 bridgehead atoms. The summed E-state index contributed by atoms with van der Waals surface area (Å²) in [7, 11) is 1.38. The Bertz CT molecular complexity index is 1710. The lowest BCUT2D eigenvalue weighted by Crippen LogP contribution is -2.42. The predicted molar refractivity (Wildman–Crippen MR) is 175 cm³/mol. The first kappa shape index (κ1) is 29.1. The van der Waals surface area contributed by atoms with E-state index in [1.54, 1.807) is 12.1 Å². The van der Waals surface area contributed by atoms with Gasteiger partial charge in [0.1, 0.15) is 0 Å². The second-order valence-electron chi connectivity index (χ2n) is 11.5. The van der Waals surface area contributed by atoms with Gasteiger partial charge < -0.3 is 9.64 Å². The highest BCUT2D eigenvalue weighted by Gasteiger charge is 2.36. The van der Waals surface area contributed by atoms with Crippen molar-refractivity contribution < 1.29 is 14.3 Å². The molecule has 0 heterocycles. The van der Waals surface area contributed by atoms with Crippen molar-refractivity contribution in [3.8, 4) is 11.1 Å². The number of hydrogen-bond acceptors (Lipinski definition) is 3. The molecule has 0 aromatic heterocycles. The van der Waals surface area contributed by atoms with E-state index < -0.39 is 0 Å². The maximum absolute atomic E-state index is 14.7. The number of methoxy groups -OCH3 is 1. The minimum atomic E-state index is -0.366. The zero-order chi connectivity index (χ0) is 30.3. The number of nitrogens with zero attached hydrogens (tertiary/aromatic N) is 1. The van der Waals surface area contributed by atoms with Crippen LogP contribution in [-0.2, 0) is 35.3 Å². The van der Waals surface area contributed by atoms with Crippen LogP contribution < -0.4 is 0 Å². The Balaban J connectivity index is 1.37. The summed E-state index contributed by atoms with van der Waals surface area (Å²) < 4.78 is 4.87. The van der Waals surface area contributed by atoms with Gasteiger partial charge in [0, 0.05) is 6.54 Å². The van der Waals surface area contributed by atoms with Crippen molar-refractivity contribution in [1.82, 2.24) is 4.90 Å². The fourth-order valence-corrected chi connectivity index (χ4v) is 6.60. The smallest absolute Gasteiger partial charge is 0.337 e. The normalized spacial score (nSPS) is 15.7. The Morgan fingerprint density at radius 1 is 0.727 bits per heavy atom. The molecular formula is C40H37NO3. The molecule has 0 N–H and O–H groups in total. The number of benzene rings is 5. The molecule has 1 amide bonds. The van der Waals surface area contributed by atoms with E-state index in [1.165, 1.54) is 23.8 Å². The molecule has 2 atom stereocenters. The van der Waals surface area contributed by atoms with Gasteiger partial charge in [-0.1, -0.05) is 121 Å². The van der Waals surface area contributed by atoms with Crippen molar-refractivity contribution in [2.45, 2.75) is 38.3 Å². The third kappa shape index (κ3) is 6.50. The van der Waals surface area contributed by atoms with Crippen LogP contribution in [-0.4, -0.2) is 23.9 Å². The number of aryl methyl sites for hydroxylation is 1. The molecule has 0 fully saturated rings. The Morgan fingerprint density at radius 2 is 1.36 bits per heavy atom. The molecule has 2 unspecified atom stereocenters. The third-order valence-corrected chi connectivity index (χ3v) is 8.77. The Labute approximate surface area is 259 Å². The fourth-order valence-electron chi connectivity index (χ4n) is 6.60. The average molecular weight is 580 g/mol. The molecule has 5 aromatic carbocycles. The van der Waals surface area contributed by atoms with E-state index in [0.29, 0.717) is 18.0 Å². The monoisotopic (exact) mass is 579 g/mol. The van der Waals surface area contributed by atoms with Gasteiger partial charge in [0.25, 0.3) is 0 Å². The maximum atomic E-state index is 14.7. The summed E-state index contributed by atoms with van der Waals surface area (Å²) in [6.07, 6.45) is 3.24. The van der Waals surface area contributed by atoms with Crippen molar-refractivity contribution >= 4 is 11.9 Å². The van der Waals surface area contributed by atoms with Crippen LogP contribution in [0.1, 0.15) is 50.6 Å². The van der Waals surface area contributed by atoms with Crippen LogP contribution in [0.2, 0.25) is 0 Å². The minimum absolute atomic E-state index is 0.0423. The predicted octanol–water partition coefficient (Wildman–Crippen LogP) is 8.26. The van der Waals surface area contributed by atoms with Gasteiger partial charge in [0.2, 0.25) is 5.91 Å². The van der Waals surface area contributed by atoms with Crippen LogP contribution in [0.15, 0.2) is 133 Å². The first-order chi connectivity index (χ1) is 21.6. The summed E-state index contributed by atoms with van der Waals surface area (Å²) in [5, 5.41) is 0. The lowest BCUT2D eigenvalue weighted by Gasteiger charge is -2.42. The van der Waals surface area contributed by atoms with Gasteiger partial charge in [-0.05, 0) is 76.3 Å². The standard InChI is InChI=1S/C40H37NO3/c1-44-40(43)33-23-20-32(21-24-33)36-18-10-9-17-34(36)27-38(42)41(28-30-14-6-3-7-15-30)39-35(26-29-12-4-2-5-13-29)25-22-31-16-8-11-19-37(31)39/h2-21,23-24,35,39H,22,25-28H2,1H3. The van der Waals surface area contributed by atoms with Gasteiger partial charge in [-0.25, -0.2) is 4.79 Å². The third-order valence-electron chi connectivity index (χ3n) is 8.77. The lowest BCUT2D eigenvalue weighted by atomic mass is 9.76. The van der Waals surface area contributed by atoms with Crippen molar-refractivity contribution in [1.29, 1.82) is 0 Å². The summed E-state index contributed by atoms with van der Waals surface area (Å²) in [4.78, 5) is 28.8. The van der Waals surface area contributed by atoms with Gasteiger partial charge >= 0.3 is 5.97 Å². The van der Waals surface area contributed by atoms with Crippen molar-refractivity contribution in [3.63, 3.8) is 0 Å². The van der Waals surface area contributed by atoms with Crippen molar-refractivity contribution in [2.24, 2.45) is 5.92 Å². The van der Waals surface area contributed by atoms with Crippen molar-refractivity contribution in [2.75, 3.05) is 7.11 Å². The van der Waals surface area contributed by atoms with Gasteiger partial charge in [-0.2, -0.15) is 0 Å². The first-order valence-electron chi connectivity index (χ1n) is 15.3. The number of rotatable bonds is 9. The number of hydrogen-bond donors (Lipinski definition) is 0. The number of carbonyl (C=O) groups is 2.